The molecule has 1 atom stereocenters. The van der Waals surface area contributed by atoms with Gasteiger partial charge in [0.15, 0.2) is 6.10 Å². The van der Waals surface area contributed by atoms with E-state index in [1.54, 1.807) is 0 Å². The van der Waals surface area contributed by atoms with Gasteiger partial charge in [0.25, 0.3) is 0 Å². The molecule has 0 heterocycles. The molecule has 392 valence electrons. The lowest BCUT2D eigenvalue weighted by molar-refractivity contribution is -0.161. The zero-order valence-electron chi connectivity index (χ0n) is 44.9. The summed E-state index contributed by atoms with van der Waals surface area (Å²) in [5.74, 6) is -0.588. The molecule has 0 spiro atoms. The van der Waals surface area contributed by atoms with E-state index in [0.29, 0.717) is 12.8 Å². The van der Waals surface area contributed by atoms with Crippen molar-refractivity contribution in [2.75, 3.05) is 13.2 Å². The molecule has 0 saturated heterocycles. The highest BCUT2D eigenvalue weighted by molar-refractivity contribution is 5.70. The Kier molecular flexibility index (Phi) is 55.9. The molecule has 0 aromatic heterocycles. The molecule has 0 aliphatic carbocycles. The number of esters is 2. The Morgan fingerprint density at radius 1 is 0.353 bits per heavy atom. The van der Waals surface area contributed by atoms with Gasteiger partial charge in [-0.2, -0.15) is 0 Å². The van der Waals surface area contributed by atoms with Gasteiger partial charge in [-0.1, -0.05) is 266 Å². The maximum Gasteiger partial charge on any atom is 0.306 e. The summed E-state index contributed by atoms with van der Waals surface area (Å²) in [6.45, 7) is 4.04. The summed E-state index contributed by atoms with van der Waals surface area (Å²) >= 11 is 0. The third kappa shape index (κ3) is 55.7. The molecule has 0 rings (SSSR count). The monoisotopic (exact) mass is 947 g/mol. The largest absolute Gasteiger partial charge is 0.462 e. The fourth-order valence-electron chi connectivity index (χ4n) is 8.32. The molecule has 0 aromatic carbocycles. The summed E-state index contributed by atoms with van der Waals surface area (Å²) < 4.78 is 10.7. The van der Waals surface area contributed by atoms with Crippen LogP contribution in [-0.2, 0) is 19.1 Å². The molecule has 5 heteroatoms. The maximum absolute atomic E-state index is 12.3. The highest BCUT2D eigenvalue weighted by Crippen LogP contribution is 2.16. The number of carbonyl (C=O) groups is 2. The Bertz CT molecular complexity index is 1250. The first-order chi connectivity index (χ1) is 33.6. The van der Waals surface area contributed by atoms with Gasteiger partial charge in [-0.25, -0.2) is 0 Å². The second-order valence-electron chi connectivity index (χ2n) is 19.3. The van der Waals surface area contributed by atoms with Crippen molar-refractivity contribution in [2.24, 2.45) is 0 Å². The Morgan fingerprint density at radius 3 is 0.956 bits per heavy atom. The summed E-state index contributed by atoms with van der Waals surface area (Å²) in [5.41, 5.74) is 0. The van der Waals surface area contributed by atoms with Gasteiger partial charge in [-0.15, -0.1) is 0 Å². The van der Waals surface area contributed by atoms with Crippen LogP contribution < -0.4 is 0 Å². The molecule has 0 radical (unpaired) electrons. The van der Waals surface area contributed by atoms with E-state index in [9.17, 15) is 14.7 Å². The lowest BCUT2D eigenvalue weighted by Crippen LogP contribution is -2.28. The first-order valence-corrected chi connectivity index (χ1v) is 29.1. The van der Waals surface area contributed by atoms with Crippen molar-refractivity contribution in [3.05, 3.63) is 85.1 Å². The highest BCUT2D eigenvalue weighted by atomic mass is 16.6. The quantitative estimate of drug-likeness (QED) is 0.0374. The van der Waals surface area contributed by atoms with E-state index in [1.165, 1.54) is 180 Å². The van der Waals surface area contributed by atoms with Crippen molar-refractivity contribution in [3.63, 3.8) is 0 Å². The third-order valence-electron chi connectivity index (χ3n) is 12.7. The molecule has 0 fully saturated rings. The van der Waals surface area contributed by atoms with Crippen LogP contribution in [0.4, 0.5) is 0 Å². The van der Waals surface area contributed by atoms with Crippen LogP contribution in [0.3, 0.4) is 0 Å². The van der Waals surface area contributed by atoms with Gasteiger partial charge >= 0.3 is 11.9 Å². The van der Waals surface area contributed by atoms with Crippen LogP contribution in [0.1, 0.15) is 284 Å². The summed E-state index contributed by atoms with van der Waals surface area (Å²) in [4.78, 5) is 24.6. The van der Waals surface area contributed by atoms with Crippen molar-refractivity contribution in [1.29, 1.82) is 0 Å². The van der Waals surface area contributed by atoms with Gasteiger partial charge in [0.05, 0.1) is 6.61 Å². The van der Waals surface area contributed by atoms with E-state index in [4.69, 9.17) is 9.47 Å². The predicted octanol–water partition coefficient (Wildman–Crippen LogP) is 19.8. The lowest BCUT2D eigenvalue weighted by atomic mass is 10.0. The highest BCUT2D eigenvalue weighted by Gasteiger charge is 2.16. The summed E-state index contributed by atoms with van der Waals surface area (Å²) in [7, 11) is 0. The third-order valence-corrected chi connectivity index (χ3v) is 12.7. The van der Waals surface area contributed by atoms with E-state index in [0.717, 1.165) is 77.0 Å². The molecule has 0 aliphatic rings. The second kappa shape index (κ2) is 58.4. The molecule has 68 heavy (non-hydrogen) atoms. The minimum Gasteiger partial charge on any atom is -0.462 e. The number of aliphatic hydroxyl groups excluding tert-OH is 1. The number of hydrogen-bond acceptors (Lipinski definition) is 5. The normalized spacial score (nSPS) is 12.8. The molecular weight excluding hydrogens is 837 g/mol. The maximum atomic E-state index is 12.3. The second-order valence-corrected chi connectivity index (χ2v) is 19.3. The number of hydrogen-bond donors (Lipinski definition) is 1. The van der Waals surface area contributed by atoms with Crippen LogP contribution in [0.2, 0.25) is 0 Å². The van der Waals surface area contributed by atoms with Crippen LogP contribution in [0.25, 0.3) is 0 Å². The minimum atomic E-state index is -0.778. The van der Waals surface area contributed by atoms with Gasteiger partial charge < -0.3 is 14.6 Å². The molecule has 0 aliphatic heterocycles. The molecular formula is C63H110O5. The zero-order valence-corrected chi connectivity index (χ0v) is 44.9. The summed E-state index contributed by atoms with van der Waals surface area (Å²) in [6.07, 6.45) is 81.3. The van der Waals surface area contributed by atoms with Gasteiger partial charge in [0.2, 0.25) is 0 Å². The topological polar surface area (TPSA) is 72.8 Å². The van der Waals surface area contributed by atoms with E-state index < -0.39 is 6.10 Å². The van der Waals surface area contributed by atoms with Crippen molar-refractivity contribution in [3.8, 4) is 0 Å². The Labute approximate surface area is 422 Å². The van der Waals surface area contributed by atoms with Gasteiger partial charge in [-0.3, -0.25) is 9.59 Å². The number of aliphatic hydroxyl groups is 1. The van der Waals surface area contributed by atoms with Crippen molar-refractivity contribution < 1.29 is 24.2 Å². The van der Waals surface area contributed by atoms with E-state index in [1.807, 2.05) is 0 Å². The predicted molar refractivity (Wildman–Crippen MR) is 297 cm³/mol. The Balaban J connectivity index is 3.49. The average molecular weight is 948 g/mol. The van der Waals surface area contributed by atoms with Crippen LogP contribution in [0, 0.1) is 0 Å². The molecule has 1 N–H and O–H groups in total. The number of carbonyl (C=O) groups excluding carboxylic acids is 2. The van der Waals surface area contributed by atoms with E-state index >= 15 is 0 Å². The molecule has 0 saturated carbocycles. The SMILES string of the molecule is CC/C=C\C/C=C\C/C=C\C/C=C\C/C=C\CCCCCCCCCCCCCC(=O)OC(CO)COC(=O)CCCCCCCCCCCCCCCCC/C=C\C/C=C\CCCCCCC. The molecule has 1 unspecified atom stereocenters. The minimum absolute atomic E-state index is 0.0684. The number of rotatable bonds is 53. The van der Waals surface area contributed by atoms with E-state index in [2.05, 4.69) is 98.9 Å². The molecule has 0 amide bonds. The Hall–Kier alpha value is -2.92. The summed E-state index contributed by atoms with van der Waals surface area (Å²) in [6, 6.07) is 0. The molecule has 5 nitrogen and oxygen atoms in total. The van der Waals surface area contributed by atoms with Crippen molar-refractivity contribution in [1.82, 2.24) is 0 Å². The van der Waals surface area contributed by atoms with Gasteiger partial charge in [0.1, 0.15) is 6.61 Å². The van der Waals surface area contributed by atoms with Crippen LogP contribution in [0.15, 0.2) is 85.1 Å². The standard InChI is InChI=1S/C63H110O5/c1-3-5-7-9-11-13-15-17-19-21-23-25-27-29-31-33-35-37-39-41-43-45-47-49-51-53-55-57-62(65)67-60-61(59-64)68-63(66)58-56-54-52-50-48-46-44-42-40-38-36-34-32-30-28-26-24-22-20-18-16-14-12-10-8-6-4-2/h6,8,12,14-15,17-18,20-21,23-24,26,30,32,61,64H,3-5,7,9-11,13,16,19,22,25,27-29,31,33-60H2,1-2H3/b8-6-,14-12-,17-15-,20-18-,23-21-,26-24-,32-30-. The molecule has 0 bridgehead atoms. The van der Waals surface area contributed by atoms with Crippen molar-refractivity contribution >= 4 is 11.9 Å². The molecule has 0 aromatic rings. The van der Waals surface area contributed by atoms with Crippen LogP contribution >= 0.6 is 0 Å². The first-order valence-electron chi connectivity index (χ1n) is 29.1. The van der Waals surface area contributed by atoms with Crippen molar-refractivity contribution in [2.45, 2.75) is 290 Å². The van der Waals surface area contributed by atoms with E-state index in [-0.39, 0.29) is 25.2 Å². The van der Waals surface area contributed by atoms with Crippen LogP contribution in [0.5, 0.6) is 0 Å². The lowest BCUT2D eigenvalue weighted by Gasteiger charge is -2.15. The van der Waals surface area contributed by atoms with Gasteiger partial charge in [-0.05, 0) is 89.9 Å². The smallest absolute Gasteiger partial charge is 0.306 e. The fourth-order valence-corrected chi connectivity index (χ4v) is 8.32. The average Bonchev–Trinajstić information content (AvgIpc) is 3.34. The fraction of sp³-hybridized carbons (Fsp3) is 0.746. The Morgan fingerprint density at radius 2 is 0.632 bits per heavy atom. The number of unbranched alkanes of at least 4 members (excludes halogenated alkanes) is 31. The summed E-state index contributed by atoms with van der Waals surface area (Å²) in [5, 5.41) is 9.66. The first kappa shape index (κ1) is 65.1. The number of allylic oxidation sites excluding steroid dienone is 14. The number of ether oxygens (including phenoxy) is 2. The van der Waals surface area contributed by atoms with Gasteiger partial charge in [0, 0.05) is 12.8 Å². The zero-order chi connectivity index (χ0) is 49.2. The van der Waals surface area contributed by atoms with Crippen LogP contribution in [-0.4, -0.2) is 36.4 Å².